The molecule has 0 atom stereocenters. The maximum atomic E-state index is 11.3. The van der Waals surface area contributed by atoms with Crippen LogP contribution < -0.4 is 4.90 Å². The van der Waals surface area contributed by atoms with Gasteiger partial charge >= 0.3 is 0 Å². The molecule has 1 aromatic heterocycles. The minimum Gasteiger partial charge on any atom is -0.363 e. The second-order valence-corrected chi connectivity index (χ2v) is 7.46. The Hall–Kier alpha value is -2.23. The van der Waals surface area contributed by atoms with Crippen molar-refractivity contribution >= 4 is 40.0 Å². The van der Waals surface area contributed by atoms with E-state index < -0.39 is 9.85 Å². The van der Waals surface area contributed by atoms with Gasteiger partial charge in [-0.1, -0.05) is 11.6 Å². The molecule has 0 radical (unpaired) electrons. The van der Waals surface area contributed by atoms with E-state index in [0.717, 1.165) is 30.0 Å². The van der Waals surface area contributed by atoms with Crippen molar-refractivity contribution in [2.75, 3.05) is 31.1 Å². The third-order valence-corrected chi connectivity index (χ3v) is 5.30. The van der Waals surface area contributed by atoms with Crippen LogP contribution in [-0.4, -0.2) is 40.9 Å². The summed E-state index contributed by atoms with van der Waals surface area (Å²) in [7, 11) is 0. The molecule has 2 aromatic rings. The number of nitrogens with zero attached hydrogens (tertiary/aromatic N) is 4. The molecule has 0 spiro atoms. The van der Waals surface area contributed by atoms with Gasteiger partial charge in [-0.2, -0.15) is 0 Å². The standard InChI is InChI=1S/C15H15ClN4O4S/c16-15-4-2-12(25-15)10-17-5-7-18(8-6-17)13-3-1-11(19(21)22)9-14(13)20(23)24/h1-4,9H,5-8,10H2. The van der Waals surface area contributed by atoms with Crippen LogP contribution in [-0.2, 0) is 6.54 Å². The van der Waals surface area contributed by atoms with Gasteiger partial charge in [-0.25, -0.2) is 0 Å². The van der Waals surface area contributed by atoms with Crippen LogP contribution in [0.5, 0.6) is 0 Å². The highest BCUT2D eigenvalue weighted by molar-refractivity contribution is 7.16. The summed E-state index contributed by atoms with van der Waals surface area (Å²) in [5.41, 5.74) is -0.0780. The van der Waals surface area contributed by atoms with Crippen LogP contribution in [0.25, 0.3) is 0 Å². The van der Waals surface area contributed by atoms with E-state index in [2.05, 4.69) is 4.90 Å². The average Bonchev–Trinajstić information content (AvgIpc) is 3.00. The van der Waals surface area contributed by atoms with E-state index in [4.69, 9.17) is 11.6 Å². The molecule has 0 amide bonds. The summed E-state index contributed by atoms with van der Waals surface area (Å²) in [6.07, 6.45) is 0. The lowest BCUT2D eigenvalue weighted by Gasteiger charge is -2.35. The molecule has 1 aliphatic heterocycles. The molecule has 25 heavy (non-hydrogen) atoms. The van der Waals surface area contributed by atoms with E-state index in [9.17, 15) is 20.2 Å². The van der Waals surface area contributed by atoms with Crippen molar-refractivity contribution in [1.82, 2.24) is 4.90 Å². The van der Waals surface area contributed by atoms with Gasteiger partial charge in [-0.15, -0.1) is 11.3 Å². The third kappa shape index (κ3) is 4.06. The average molecular weight is 383 g/mol. The number of benzene rings is 1. The van der Waals surface area contributed by atoms with Crippen molar-refractivity contribution in [1.29, 1.82) is 0 Å². The minimum atomic E-state index is -0.624. The Morgan fingerprint density at radius 1 is 1.04 bits per heavy atom. The largest absolute Gasteiger partial charge is 0.363 e. The van der Waals surface area contributed by atoms with Crippen molar-refractivity contribution in [3.05, 3.63) is 59.8 Å². The predicted molar refractivity (Wildman–Crippen MR) is 96.6 cm³/mol. The molecule has 1 saturated heterocycles. The van der Waals surface area contributed by atoms with Crippen molar-refractivity contribution in [3.8, 4) is 0 Å². The van der Waals surface area contributed by atoms with Gasteiger partial charge in [-0.05, 0) is 18.2 Å². The normalized spacial score (nSPS) is 15.3. The first-order chi connectivity index (χ1) is 11.9. The first-order valence-corrected chi connectivity index (χ1v) is 8.78. The van der Waals surface area contributed by atoms with E-state index in [-0.39, 0.29) is 11.4 Å². The lowest BCUT2D eigenvalue weighted by molar-refractivity contribution is -0.393. The van der Waals surface area contributed by atoms with Crippen LogP contribution in [0.2, 0.25) is 4.34 Å². The van der Waals surface area contributed by atoms with Crippen LogP contribution in [0, 0.1) is 20.2 Å². The second kappa shape index (κ2) is 7.34. The molecule has 132 valence electrons. The molecule has 0 saturated carbocycles. The maximum absolute atomic E-state index is 11.3. The van der Waals surface area contributed by atoms with Crippen LogP contribution in [0.1, 0.15) is 4.88 Å². The molecule has 2 heterocycles. The number of hydrogen-bond acceptors (Lipinski definition) is 7. The molecular weight excluding hydrogens is 368 g/mol. The number of non-ortho nitro benzene ring substituents is 1. The number of halogens is 1. The smallest absolute Gasteiger partial charge is 0.299 e. The molecule has 3 rings (SSSR count). The Kier molecular flexibility index (Phi) is 5.16. The second-order valence-electron chi connectivity index (χ2n) is 5.66. The molecule has 8 nitrogen and oxygen atoms in total. The van der Waals surface area contributed by atoms with E-state index >= 15 is 0 Å². The van der Waals surface area contributed by atoms with E-state index in [1.807, 2.05) is 17.0 Å². The number of nitro benzene ring substituents is 2. The summed E-state index contributed by atoms with van der Waals surface area (Å²) in [5.74, 6) is 0. The zero-order valence-electron chi connectivity index (χ0n) is 13.1. The van der Waals surface area contributed by atoms with Crippen LogP contribution in [0.15, 0.2) is 30.3 Å². The van der Waals surface area contributed by atoms with E-state index in [1.54, 1.807) is 11.3 Å². The zero-order valence-corrected chi connectivity index (χ0v) is 14.7. The SMILES string of the molecule is O=[N+]([O-])c1ccc(N2CCN(Cc3ccc(Cl)s3)CC2)c([N+](=O)[O-])c1. The molecule has 0 aliphatic carbocycles. The fourth-order valence-electron chi connectivity index (χ4n) is 2.84. The van der Waals surface area contributed by atoms with Crippen molar-refractivity contribution in [2.45, 2.75) is 6.54 Å². The highest BCUT2D eigenvalue weighted by Crippen LogP contribution is 2.33. The summed E-state index contributed by atoms with van der Waals surface area (Å²) in [4.78, 5) is 26.3. The summed E-state index contributed by atoms with van der Waals surface area (Å²) in [6.45, 7) is 3.55. The van der Waals surface area contributed by atoms with Gasteiger partial charge in [0, 0.05) is 43.7 Å². The highest BCUT2D eigenvalue weighted by atomic mass is 35.5. The fourth-order valence-corrected chi connectivity index (χ4v) is 3.97. The molecule has 0 N–H and O–H groups in total. The summed E-state index contributed by atoms with van der Waals surface area (Å²) >= 11 is 7.49. The van der Waals surface area contributed by atoms with E-state index in [1.165, 1.54) is 17.0 Å². The Morgan fingerprint density at radius 3 is 2.32 bits per heavy atom. The van der Waals surface area contributed by atoms with Gasteiger partial charge in [0.1, 0.15) is 5.69 Å². The topological polar surface area (TPSA) is 92.8 Å². The first-order valence-electron chi connectivity index (χ1n) is 7.58. The highest BCUT2D eigenvalue weighted by Gasteiger charge is 2.26. The number of thiophene rings is 1. The Balaban J connectivity index is 1.70. The minimum absolute atomic E-state index is 0.229. The van der Waals surface area contributed by atoms with Crippen LogP contribution >= 0.6 is 22.9 Å². The number of piperazine rings is 1. The van der Waals surface area contributed by atoms with Gasteiger partial charge in [0.2, 0.25) is 0 Å². The number of hydrogen-bond donors (Lipinski definition) is 0. The number of rotatable bonds is 5. The fraction of sp³-hybridized carbons (Fsp3) is 0.333. The summed E-state index contributed by atoms with van der Waals surface area (Å²) in [6, 6.07) is 7.67. The molecule has 1 aliphatic rings. The number of nitro groups is 2. The molecular formula is C15H15ClN4O4S. The van der Waals surface area contributed by atoms with Crippen molar-refractivity contribution in [2.24, 2.45) is 0 Å². The first kappa shape index (κ1) is 17.6. The lowest BCUT2D eigenvalue weighted by Crippen LogP contribution is -2.46. The van der Waals surface area contributed by atoms with Gasteiger partial charge in [-0.3, -0.25) is 25.1 Å². The molecule has 0 bridgehead atoms. The lowest BCUT2D eigenvalue weighted by atomic mass is 10.2. The van der Waals surface area contributed by atoms with E-state index in [0.29, 0.717) is 18.8 Å². The van der Waals surface area contributed by atoms with Gasteiger partial charge in [0.05, 0.1) is 20.2 Å². The van der Waals surface area contributed by atoms with Gasteiger partial charge < -0.3 is 4.90 Å². The monoisotopic (exact) mass is 382 g/mol. The molecule has 1 fully saturated rings. The predicted octanol–water partition coefficient (Wildman–Crippen LogP) is 3.54. The Bertz CT molecular complexity index is 805. The maximum Gasteiger partial charge on any atom is 0.299 e. The van der Waals surface area contributed by atoms with Gasteiger partial charge in [0.15, 0.2) is 0 Å². The van der Waals surface area contributed by atoms with Crippen LogP contribution in [0.4, 0.5) is 17.1 Å². The molecule has 0 unspecified atom stereocenters. The zero-order chi connectivity index (χ0) is 18.0. The Morgan fingerprint density at radius 2 is 1.76 bits per heavy atom. The van der Waals surface area contributed by atoms with Gasteiger partial charge in [0.25, 0.3) is 11.4 Å². The quantitative estimate of drug-likeness (QED) is 0.580. The molecule has 1 aromatic carbocycles. The third-order valence-electron chi connectivity index (χ3n) is 4.09. The summed E-state index contributed by atoms with van der Waals surface area (Å²) < 4.78 is 0.759. The van der Waals surface area contributed by atoms with Crippen molar-refractivity contribution in [3.63, 3.8) is 0 Å². The summed E-state index contributed by atoms with van der Waals surface area (Å²) in [5, 5.41) is 22.1. The Labute approximate surface area is 152 Å². The van der Waals surface area contributed by atoms with Crippen LogP contribution in [0.3, 0.4) is 0 Å². The number of anilines is 1. The molecule has 10 heteroatoms. The van der Waals surface area contributed by atoms with Crippen molar-refractivity contribution < 1.29 is 9.85 Å².